The van der Waals surface area contributed by atoms with Crippen LogP contribution in [-0.2, 0) is 10.8 Å². The van der Waals surface area contributed by atoms with Crippen LogP contribution in [0.3, 0.4) is 0 Å². The molecule has 7 aromatic rings. The monoisotopic (exact) mass is 681 g/mol. The highest BCUT2D eigenvalue weighted by atomic mass is 15.1. The van der Waals surface area contributed by atoms with E-state index in [0.29, 0.717) is 0 Å². The van der Waals surface area contributed by atoms with E-state index in [-0.39, 0.29) is 10.8 Å². The van der Waals surface area contributed by atoms with Gasteiger partial charge in [0.15, 0.2) is 0 Å². The molecule has 0 spiro atoms. The van der Waals surface area contributed by atoms with Crippen molar-refractivity contribution in [1.29, 1.82) is 0 Å². The standard InChI is InChI=1S/C52H43N/c1-51(2)46-23-12-10-21-42(46)44-29-26-38(32-48(44)51)53(39-27-30-45-43-22-11-13-24-47(43)52(3,4)49(45)33-39)37-19-14-18-36(31-37)41-28-25-34-15-8-9-20-40(34)50(41)35-16-6-5-7-17-35/h5-12,14-23,25-33H,13,24H2,1-4H3. The number of allylic oxidation sites excluding steroid dienone is 4. The van der Waals surface area contributed by atoms with E-state index in [1.165, 1.54) is 83.4 Å². The number of benzene rings is 7. The summed E-state index contributed by atoms with van der Waals surface area (Å²) in [5, 5.41) is 2.52. The summed E-state index contributed by atoms with van der Waals surface area (Å²) in [6.45, 7) is 9.59. The first-order valence-electron chi connectivity index (χ1n) is 19.1. The molecule has 0 saturated carbocycles. The molecule has 0 fully saturated rings. The Morgan fingerprint density at radius 3 is 1.94 bits per heavy atom. The summed E-state index contributed by atoms with van der Waals surface area (Å²) in [5.41, 5.74) is 19.6. The molecule has 0 saturated heterocycles. The van der Waals surface area contributed by atoms with E-state index in [1.807, 2.05) is 0 Å². The summed E-state index contributed by atoms with van der Waals surface area (Å²) in [5.74, 6) is 0. The minimum atomic E-state index is -0.0969. The predicted molar refractivity (Wildman–Crippen MR) is 225 cm³/mol. The fourth-order valence-electron chi connectivity index (χ4n) is 9.67. The molecular weight excluding hydrogens is 639 g/mol. The lowest BCUT2D eigenvalue weighted by molar-refractivity contribution is 0.607. The van der Waals surface area contributed by atoms with Gasteiger partial charge in [-0.1, -0.05) is 161 Å². The number of nitrogens with zero attached hydrogens (tertiary/aromatic N) is 1. The van der Waals surface area contributed by atoms with Crippen molar-refractivity contribution in [2.75, 3.05) is 4.90 Å². The molecule has 3 aliphatic carbocycles. The summed E-state index contributed by atoms with van der Waals surface area (Å²) in [7, 11) is 0. The molecule has 0 atom stereocenters. The minimum absolute atomic E-state index is 0.0177. The van der Waals surface area contributed by atoms with E-state index in [0.717, 1.165) is 18.5 Å². The van der Waals surface area contributed by atoms with Crippen molar-refractivity contribution in [2.24, 2.45) is 0 Å². The van der Waals surface area contributed by atoms with Crippen LogP contribution in [0.2, 0.25) is 0 Å². The molecular formula is C52H43N. The molecule has 1 heteroatoms. The van der Waals surface area contributed by atoms with Crippen molar-refractivity contribution in [3.8, 4) is 33.4 Å². The fourth-order valence-corrected chi connectivity index (χ4v) is 9.67. The van der Waals surface area contributed by atoms with Crippen LogP contribution >= 0.6 is 0 Å². The molecule has 7 aromatic carbocycles. The maximum atomic E-state index is 2.50. The molecule has 0 radical (unpaired) electrons. The van der Waals surface area contributed by atoms with Crippen molar-refractivity contribution >= 4 is 33.4 Å². The summed E-state index contributed by atoms with van der Waals surface area (Å²) < 4.78 is 0. The lowest BCUT2D eigenvalue weighted by atomic mass is 9.78. The fraction of sp³-hybridized carbons (Fsp3) is 0.154. The van der Waals surface area contributed by atoms with Gasteiger partial charge < -0.3 is 4.90 Å². The molecule has 0 bridgehead atoms. The maximum absolute atomic E-state index is 2.50. The number of anilines is 3. The van der Waals surface area contributed by atoms with Crippen LogP contribution in [0.1, 0.15) is 62.8 Å². The highest BCUT2D eigenvalue weighted by Gasteiger charge is 2.39. The SMILES string of the molecule is CC1(C)C2=C(C=CCC2)c2ccc(N(c3cccc(-c4ccc5ccccc5c4-c4ccccc4)c3)c3ccc4c(c3)C(C)(C)c3ccccc3-4)cc21. The van der Waals surface area contributed by atoms with Crippen molar-refractivity contribution < 1.29 is 0 Å². The zero-order chi connectivity index (χ0) is 35.9. The summed E-state index contributed by atoms with van der Waals surface area (Å²) in [6.07, 6.45) is 6.96. The Bertz CT molecular complexity index is 2670. The molecule has 53 heavy (non-hydrogen) atoms. The van der Waals surface area contributed by atoms with E-state index < -0.39 is 0 Å². The van der Waals surface area contributed by atoms with Crippen molar-refractivity contribution in [3.63, 3.8) is 0 Å². The Morgan fingerprint density at radius 1 is 0.472 bits per heavy atom. The van der Waals surface area contributed by atoms with Crippen LogP contribution in [0.5, 0.6) is 0 Å². The van der Waals surface area contributed by atoms with Gasteiger partial charge in [-0.2, -0.15) is 0 Å². The second-order valence-corrected chi connectivity index (χ2v) is 16.0. The molecule has 0 amide bonds. The maximum Gasteiger partial charge on any atom is 0.0467 e. The number of rotatable bonds is 5. The van der Waals surface area contributed by atoms with Crippen molar-refractivity contribution in [1.82, 2.24) is 0 Å². The molecule has 0 unspecified atom stereocenters. The lowest BCUT2D eigenvalue weighted by Gasteiger charge is -2.30. The average molecular weight is 682 g/mol. The van der Waals surface area contributed by atoms with Gasteiger partial charge in [-0.05, 0) is 121 Å². The molecule has 10 rings (SSSR count). The third-order valence-corrected chi connectivity index (χ3v) is 12.4. The molecule has 0 aromatic heterocycles. The van der Waals surface area contributed by atoms with E-state index in [1.54, 1.807) is 5.57 Å². The zero-order valence-corrected chi connectivity index (χ0v) is 30.9. The summed E-state index contributed by atoms with van der Waals surface area (Å²) in [6, 6.07) is 56.7. The Balaban J connectivity index is 1.18. The largest absolute Gasteiger partial charge is 0.310 e. The molecule has 3 aliphatic rings. The quantitative estimate of drug-likeness (QED) is 0.175. The minimum Gasteiger partial charge on any atom is -0.310 e. The Labute approximate surface area is 313 Å². The lowest BCUT2D eigenvalue weighted by Crippen LogP contribution is -2.19. The second-order valence-electron chi connectivity index (χ2n) is 16.0. The normalized spacial score (nSPS) is 15.9. The topological polar surface area (TPSA) is 3.24 Å². The number of hydrogen-bond acceptors (Lipinski definition) is 1. The average Bonchev–Trinajstić information content (AvgIpc) is 3.57. The first-order chi connectivity index (χ1) is 25.8. The smallest absolute Gasteiger partial charge is 0.0467 e. The Morgan fingerprint density at radius 2 is 1.11 bits per heavy atom. The molecule has 1 nitrogen and oxygen atoms in total. The van der Waals surface area contributed by atoms with E-state index >= 15 is 0 Å². The van der Waals surface area contributed by atoms with Gasteiger partial charge in [-0.15, -0.1) is 0 Å². The third-order valence-electron chi connectivity index (χ3n) is 12.4. The van der Waals surface area contributed by atoms with Crippen molar-refractivity contribution in [2.45, 2.75) is 51.4 Å². The van der Waals surface area contributed by atoms with Gasteiger partial charge in [0.05, 0.1) is 0 Å². The number of hydrogen-bond donors (Lipinski definition) is 0. The van der Waals surface area contributed by atoms with Crippen LogP contribution in [-0.4, -0.2) is 0 Å². The van der Waals surface area contributed by atoms with Crippen molar-refractivity contribution in [3.05, 3.63) is 192 Å². The molecule has 256 valence electrons. The predicted octanol–water partition coefficient (Wildman–Crippen LogP) is 14.3. The van der Waals surface area contributed by atoms with Gasteiger partial charge >= 0.3 is 0 Å². The third kappa shape index (κ3) is 4.84. The summed E-state index contributed by atoms with van der Waals surface area (Å²) >= 11 is 0. The highest BCUT2D eigenvalue weighted by Crippen LogP contribution is 2.54. The second kappa shape index (κ2) is 11.8. The summed E-state index contributed by atoms with van der Waals surface area (Å²) in [4.78, 5) is 2.50. The van der Waals surface area contributed by atoms with E-state index in [2.05, 4.69) is 196 Å². The van der Waals surface area contributed by atoms with Crippen LogP contribution in [0.4, 0.5) is 17.1 Å². The van der Waals surface area contributed by atoms with E-state index in [9.17, 15) is 0 Å². The Hall–Kier alpha value is -5.92. The zero-order valence-electron chi connectivity index (χ0n) is 30.9. The molecule has 0 aliphatic heterocycles. The van der Waals surface area contributed by atoms with Gasteiger partial charge in [0.2, 0.25) is 0 Å². The van der Waals surface area contributed by atoms with Gasteiger partial charge in [0.25, 0.3) is 0 Å². The van der Waals surface area contributed by atoms with Crippen LogP contribution in [0.15, 0.2) is 169 Å². The van der Waals surface area contributed by atoms with Crippen LogP contribution < -0.4 is 4.90 Å². The van der Waals surface area contributed by atoms with Gasteiger partial charge in [0.1, 0.15) is 0 Å². The van der Waals surface area contributed by atoms with Crippen LogP contribution in [0.25, 0.3) is 49.7 Å². The highest BCUT2D eigenvalue weighted by molar-refractivity contribution is 6.04. The van der Waals surface area contributed by atoms with Gasteiger partial charge in [-0.25, -0.2) is 0 Å². The Kier molecular flexibility index (Phi) is 7.08. The van der Waals surface area contributed by atoms with Crippen LogP contribution in [0, 0.1) is 0 Å². The number of fused-ring (bicyclic) bond motifs is 6. The first-order valence-corrected chi connectivity index (χ1v) is 19.1. The van der Waals surface area contributed by atoms with E-state index in [4.69, 9.17) is 0 Å². The first kappa shape index (κ1) is 31.8. The molecule has 0 heterocycles. The van der Waals surface area contributed by atoms with Gasteiger partial charge in [-0.3, -0.25) is 0 Å². The molecule has 0 N–H and O–H groups in total. The van der Waals surface area contributed by atoms with Gasteiger partial charge in [0, 0.05) is 27.9 Å².